The molecule has 2 N–H and O–H groups in total. The van der Waals surface area contributed by atoms with Crippen LogP contribution in [0, 0.1) is 11.8 Å². The summed E-state index contributed by atoms with van der Waals surface area (Å²) in [4.78, 5) is 0. The summed E-state index contributed by atoms with van der Waals surface area (Å²) in [6, 6.07) is 8.44. The molecular weight excluding hydrogens is 246 g/mol. The second kappa shape index (κ2) is 4.88. The number of aromatic nitrogens is 2. The summed E-state index contributed by atoms with van der Waals surface area (Å²) in [5.41, 5.74) is 8.97. The van der Waals surface area contributed by atoms with Crippen LogP contribution < -0.4 is 5.73 Å². The number of aryl methyl sites for hydroxylation is 1. The van der Waals surface area contributed by atoms with E-state index < -0.39 is 0 Å². The van der Waals surface area contributed by atoms with Crippen molar-refractivity contribution in [2.45, 2.75) is 45.1 Å². The lowest BCUT2D eigenvalue weighted by molar-refractivity contribution is 0.175. The molecule has 0 radical (unpaired) electrons. The number of hydrogen-bond donors (Lipinski definition) is 1. The first-order valence-electron chi connectivity index (χ1n) is 7.68. The third kappa shape index (κ3) is 2.35. The fraction of sp³-hybridized carbons (Fsp3) is 0.588. The van der Waals surface area contributed by atoms with E-state index in [0.29, 0.717) is 5.92 Å². The van der Waals surface area contributed by atoms with Crippen LogP contribution in [0.15, 0.2) is 24.3 Å². The second-order valence-electron chi connectivity index (χ2n) is 6.82. The molecule has 3 rings (SSSR count). The van der Waals surface area contributed by atoms with Crippen molar-refractivity contribution in [1.29, 1.82) is 0 Å². The summed E-state index contributed by atoms with van der Waals surface area (Å²) in [7, 11) is 2.01. The van der Waals surface area contributed by atoms with Gasteiger partial charge in [0.05, 0.1) is 11.2 Å². The predicted molar refractivity (Wildman–Crippen MR) is 83.5 cm³/mol. The fourth-order valence-corrected chi connectivity index (χ4v) is 3.66. The van der Waals surface area contributed by atoms with Crippen LogP contribution in [-0.4, -0.2) is 15.3 Å². The van der Waals surface area contributed by atoms with E-state index in [1.807, 2.05) is 11.7 Å². The van der Waals surface area contributed by atoms with Gasteiger partial charge in [-0.1, -0.05) is 32.0 Å². The SMILES string of the molecule is CC1CCC(N)(Cc2nn(C)c3ccccc23)CC1C. The zero-order valence-corrected chi connectivity index (χ0v) is 12.8. The van der Waals surface area contributed by atoms with Crippen LogP contribution in [-0.2, 0) is 13.5 Å². The molecule has 1 aromatic heterocycles. The van der Waals surface area contributed by atoms with E-state index in [1.54, 1.807) is 0 Å². The van der Waals surface area contributed by atoms with E-state index in [0.717, 1.165) is 30.9 Å². The summed E-state index contributed by atoms with van der Waals surface area (Å²) in [5.74, 6) is 1.51. The van der Waals surface area contributed by atoms with E-state index >= 15 is 0 Å². The molecule has 1 aliphatic carbocycles. The Morgan fingerprint density at radius 3 is 2.80 bits per heavy atom. The van der Waals surface area contributed by atoms with E-state index in [9.17, 15) is 0 Å². The van der Waals surface area contributed by atoms with Gasteiger partial charge in [0, 0.05) is 24.4 Å². The highest BCUT2D eigenvalue weighted by molar-refractivity contribution is 5.81. The average Bonchev–Trinajstić information content (AvgIpc) is 2.72. The third-order valence-electron chi connectivity index (χ3n) is 5.15. The molecule has 1 heterocycles. The van der Waals surface area contributed by atoms with Gasteiger partial charge in [-0.2, -0.15) is 5.10 Å². The van der Waals surface area contributed by atoms with Crippen molar-refractivity contribution in [3.63, 3.8) is 0 Å². The second-order valence-corrected chi connectivity index (χ2v) is 6.82. The molecule has 2 aromatic rings. The molecule has 3 unspecified atom stereocenters. The van der Waals surface area contributed by atoms with Gasteiger partial charge < -0.3 is 5.73 Å². The zero-order chi connectivity index (χ0) is 14.3. The highest BCUT2D eigenvalue weighted by atomic mass is 15.3. The first-order valence-corrected chi connectivity index (χ1v) is 7.68. The highest BCUT2D eigenvalue weighted by Crippen LogP contribution is 2.37. The first kappa shape index (κ1) is 13.6. The number of fused-ring (bicyclic) bond motifs is 1. The maximum atomic E-state index is 6.69. The lowest BCUT2D eigenvalue weighted by Gasteiger charge is -2.40. The lowest BCUT2D eigenvalue weighted by atomic mass is 9.70. The quantitative estimate of drug-likeness (QED) is 0.911. The minimum atomic E-state index is -0.0803. The fourth-order valence-electron chi connectivity index (χ4n) is 3.66. The molecule has 1 saturated carbocycles. The monoisotopic (exact) mass is 271 g/mol. The number of para-hydroxylation sites is 1. The average molecular weight is 271 g/mol. The third-order valence-corrected chi connectivity index (χ3v) is 5.15. The summed E-state index contributed by atoms with van der Waals surface area (Å²) in [6.07, 6.45) is 4.36. The summed E-state index contributed by atoms with van der Waals surface area (Å²) in [6.45, 7) is 4.68. The number of benzene rings is 1. The molecule has 108 valence electrons. The Balaban J connectivity index is 1.89. The normalized spacial score (nSPS) is 30.8. The first-order chi connectivity index (χ1) is 9.48. The van der Waals surface area contributed by atoms with Gasteiger partial charge in [0.2, 0.25) is 0 Å². The number of rotatable bonds is 2. The molecule has 1 fully saturated rings. The molecule has 0 amide bonds. The van der Waals surface area contributed by atoms with Gasteiger partial charge in [-0.25, -0.2) is 0 Å². The Bertz CT molecular complexity index is 616. The molecule has 3 atom stereocenters. The highest BCUT2D eigenvalue weighted by Gasteiger charge is 2.35. The Labute approximate surface area is 121 Å². The standard InChI is InChI=1S/C17H25N3/c1-12-8-9-17(18,10-13(12)2)11-15-14-6-4-5-7-16(14)20(3)19-15/h4-7,12-13H,8-11,18H2,1-3H3. The van der Waals surface area contributed by atoms with Crippen molar-refractivity contribution >= 4 is 10.9 Å². The maximum absolute atomic E-state index is 6.69. The molecule has 3 heteroatoms. The van der Waals surface area contributed by atoms with E-state index in [2.05, 4.69) is 38.1 Å². The van der Waals surface area contributed by atoms with E-state index in [4.69, 9.17) is 10.8 Å². The van der Waals surface area contributed by atoms with E-state index in [1.165, 1.54) is 17.3 Å². The summed E-state index contributed by atoms with van der Waals surface area (Å²) < 4.78 is 1.98. The van der Waals surface area contributed by atoms with Crippen LogP contribution >= 0.6 is 0 Å². The Morgan fingerprint density at radius 2 is 2.05 bits per heavy atom. The molecule has 3 nitrogen and oxygen atoms in total. The van der Waals surface area contributed by atoms with Gasteiger partial charge in [0.25, 0.3) is 0 Å². The van der Waals surface area contributed by atoms with Gasteiger partial charge in [-0.05, 0) is 37.2 Å². The zero-order valence-electron chi connectivity index (χ0n) is 12.8. The van der Waals surface area contributed by atoms with Crippen molar-refractivity contribution in [2.24, 2.45) is 24.6 Å². The molecular formula is C17H25N3. The van der Waals surface area contributed by atoms with Gasteiger partial charge >= 0.3 is 0 Å². The molecule has 1 aromatic carbocycles. The minimum absolute atomic E-state index is 0.0803. The predicted octanol–water partition coefficient (Wildman–Crippen LogP) is 3.27. The van der Waals surface area contributed by atoms with Crippen LogP contribution in [0.1, 0.15) is 38.8 Å². The number of hydrogen-bond acceptors (Lipinski definition) is 2. The van der Waals surface area contributed by atoms with Crippen LogP contribution in [0.25, 0.3) is 10.9 Å². The van der Waals surface area contributed by atoms with Crippen LogP contribution in [0.4, 0.5) is 0 Å². The van der Waals surface area contributed by atoms with Gasteiger partial charge in [-0.15, -0.1) is 0 Å². The largest absolute Gasteiger partial charge is 0.325 e. The van der Waals surface area contributed by atoms with Gasteiger partial charge in [0.15, 0.2) is 0 Å². The summed E-state index contributed by atoms with van der Waals surface area (Å²) in [5, 5.41) is 5.97. The van der Waals surface area contributed by atoms with Crippen molar-refractivity contribution in [3.8, 4) is 0 Å². The van der Waals surface area contributed by atoms with Gasteiger partial charge in [0.1, 0.15) is 0 Å². The van der Waals surface area contributed by atoms with Crippen molar-refractivity contribution in [2.75, 3.05) is 0 Å². The van der Waals surface area contributed by atoms with Crippen LogP contribution in [0.5, 0.6) is 0 Å². The van der Waals surface area contributed by atoms with Crippen LogP contribution in [0.3, 0.4) is 0 Å². The van der Waals surface area contributed by atoms with E-state index in [-0.39, 0.29) is 5.54 Å². The van der Waals surface area contributed by atoms with Crippen molar-refractivity contribution in [1.82, 2.24) is 9.78 Å². The minimum Gasteiger partial charge on any atom is -0.325 e. The molecule has 0 spiro atoms. The molecule has 0 bridgehead atoms. The molecule has 1 aliphatic rings. The number of nitrogens with zero attached hydrogens (tertiary/aromatic N) is 2. The smallest absolute Gasteiger partial charge is 0.0721 e. The maximum Gasteiger partial charge on any atom is 0.0721 e. The van der Waals surface area contributed by atoms with Crippen molar-refractivity contribution in [3.05, 3.63) is 30.0 Å². The number of nitrogens with two attached hydrogens (primary N) is 1. The lowest BCUT2D eigenvalue weighted by Crippen LogP contribution is -2.47. The van der Waals surface area contributed by atoms with Gasteiger partial charge in [-0.3, -0.25) is 4.68 Å². The Kier molecular flexibility index (Phi) is 3.33. The Morgan fingerprint density at radius 1 is 1.30 bits per heavy atom. The molecule has 20 heavy (non-hydrogen) atoms. The van der Waals surface area contributed by atoms with Crippen LogP contribution in [0.2, 0.25) is 0 Å². The van der Waals surface area contributed by atoms with Crippen molar-refractivity contribution < 1.29 is 0 Å². The summed E-state index contributed by atoms with van der Waals surface area (Å²) >= 11 is 0. The topological polar surface area (TPSA) is 43.8 Å². The Hall–Kier alpha value is -1.35. The molecule has 0 aliphatic heterocycles. The molecule has 0 saturated heterocycles.